The van der Waals surface area contributed by atoms with Crippen LogP contribution in [0.3, 0.4) is 0 Å². The molecule has 0 aromatic carbocycles. The van der Waals surface area contributed by atoms with E-state index in [0.717, 1.165) is 17.2 Å². The number of aromatic nitrogens is 3. The fourth-order valence-electron chi connectivity index (χ4n) is 1.58. The van der Waals surface area contributed by atoms with E-state index >= 15 is 0 Å². The standard InChI is InChI=1S/C13H16ClN3/c1-9-7-10(14)8-12(15-9)17-6-5-11(16-17)13(2,3)4/h5-8H,1-4H3. The molecule has 0 fully saturated rings. The monoisotopic (exact) mass is 249 g/mol. The first-order chi connectivity index (χ1) is 7.86. The molecule has 0 aliphatic carbocycles. The molecule has 3 nitrogen and oxygen atoms in total. The van der Waals surface area contributed by atoms with Gasteiger partial charge < -0.3 is 0 Å². The van der Waals surface area contributed by atoms with Crippen LogP contribution in [-0.2, 0) is 5.41 Å². The third kappa shape index (κ3) is 2.67. The summed E-state index contributed by atoms with van der Waals surface area (Å²) in [6.45, 7) is 8.33. The maximum absolute atomic E-state index is 6.02. The summed E-state index contributed by atoms with van der Waals surface area (Å²) >= 11 is 6.02. The fourth-order valence-corrected chi connectivity index (χ4v) is 1.83. The average molecular weight is 250 g/mol. The first kappa shape index (κ1) is 12.1. The average Bonchev–Trinajstić information content (AvgIpc) is 2.63. The summed E-state index contributed by atoms with van der Waals surface area (Å²) in [5.41, 5.74) is 1.97. The predicted molar refractivity (Wildman–Crippen MR) is 69.8 cm³/mol. The quantitative estimate of drug-likeness (QED) is 0.774. The van der Waals surface area contributed by atoms with Gasteiger partial charge in [0, 0.05) is 28.4 Å². The summed E-state index contributed by atoms with van der Waals surface area (Å²) in [6.07, 6.45) is 1.92. The Morgan fingerprint density at radius 3 is 2.47 bits per heavy atom. The minimum Gasteiger partial charge on any atom is -0.234 e. The van der Waals surface area contributed by atoms with Crippen molar-refractivity contribution in [1.82, 2.24) is 14.8 Å². The van der Waals surface area contributed by atoms with Crippen molar-refractivity contribution < 1.29 is 0 Å². The highest BCUT2D eigenvalue weighted by atomic mass is 35.5. The molecule has 2 aromatic heterocycles. The number of hydrogen-bond donors (Lipinski definition) is 0. The number of hydrogen-bond acceptors (Lipinski definition) is 2. The summed E-state index contributed by atoms with van der Waals surface area (Å²) in [5.74, 6) is 0.755. The third-order valence-corrected chi connectivity index (χ3v) is 2.72. The van der Waals surface area contributed by atoms with Gasteiger partial charge in [0.2, 0.25) is 0 Å². The Labute approximate surface area is 106 Å². The maximum atomic E-state index is 6.02. The van der Waals surface area contributed by atoms with Crippen LogP contribution in [0.4, 0.5) is 0 Å². The van der Waals surface area contributed by atoms with Gasteiger partial charge in [-0.3, -0.25) is 0 Å². The lowest BCUT2D eigenvalue weighted by Gasteiger charge is -2.14. The molecule has 2 heterocycles. The van der Waals surface area contributed by atoms with Crippen LogP contribution in [0.25, 0.3) is 5.82 Å². The van der Waals surface area contributed by atoms with E-state index in [1.807, 2.05) is 31.3 Å². The first-order valence-electron chi connectivity index (χ1n) is 5.57. The molecule has 0 spiro atoms. The zero-order valence-corrected chi connectivity index (χ0v) is 11.3. The number of nitrogens with zero attached hydrogens (tertiary/aromatic N) is 3. The van der Waals surface area contributed by atoms with Crippen LogP contribution in [0.1, 0.15) is 32.2 Å². The predicted octanol–water partition coefficient (Wildman–Crippen LogP) is 3.53. The van der Waals surface area contributed by atoms with Gasteiger partial charge >= 0.3 is 0 Å². The number of aryl methyl sites for hydroxylation is 1. The van der Waals surface area contributed by atoms with Crippen LogP contribution < -0.4 is 0 Å². The van der Waals surface area contributed by atoms with E-state index in [1.54, 1.807) is 4.68 Å². The molecule has 0 N–H and O–H groups in total. The lowest BCUT2D eigenvalue weighted by Crippen LogP contribution is -2.12. The summed E-state index contributed by atoms with van der Waals surface area (Å²) < 4.78 is 1.76. The highest BCUT2D eigenvalue weighted by Crippen LogP contribution is 2.21. The summed E-state index contributed by atoms with van der Waals surface area (Å²) in [5, 5.41) is 5.21. The zero-order valence-electron chi connectivity index (χ0n) is 10.5. The molecule has 0 aliphatic rings. The van der Waals surface area contributed by atoms with Gasteiger partial charge in [-0.25, -0.2) is 9.67 Å². The molecule has 90 valence electrons. The van der Waals surface area contributed by atoms with Gasteiger partial charge in [0.1, 0.15) is 0 Å². The lowest BCUT2D eigenvalue weighted by molar-refractivity contribution is 0.559. The van der Waals surface area contributed by atoms with Crippen molar-refractivity contribution in [3.8, 4) is 5.82 Å². The van der Waals surface area contributed by atoms with Gasteiger partial charge in [0.25, 0.3) is 0 Å². The molecule has 0 bridgehead atoms. The Bertz CT molecular complexity index is 518. The van der Waals surface area contributed by atoms with Crippen LogP contribution in [0.5, 0.6) is 0 Å². The van der Waals surface area contributed by atoms with Gasteiger partial charge in [-0.1, -0.05) is 32.4 Å². The molecule has 17 heavy (non-hydrogen) atoms. The van der Waals surface area contributed by atoms with Crippen molar-refractivity contribution >= 4 is 11.6 Å². The molecule has 0 aliphatic heterocycles. The van der Waals surface area contributed by atoms with Crippen LogP contribution in [-0.4, -0.2) is 14.8 Å². The van der Waals surface area contributed by atoms with E-state index in [4.69, 9.17) is 11.6 Å². The second kappa shape index (κ2) is 4.15. The number of rotatable bonds is 1. The Hall–Kier alpha value is -1.35. The zero-order chi connectivity index (χ0) is 12.6. The van der Waals surface area contributed by atoms with E-state index in [9.17, 15) is 0 Å². The van der Waals surface area contributed by atoms with Crippen molar-refractivity contribution in [1.29, 1.82) is 0 Å². The minimum atomic E-state index is 0.0405. The minimum absolute atomic E-state index is 0.0405. The number of pyridine rings is 1. The molecule has 2 rings (SSSR count). The highest BCUT2D eigenvalue weighted by Gasteiger charge is 2.17. The van der Waals surface area contributed by atoms with Gasteiger partial charge in [-0.2, -0.15) is 5.10 Å². The second-order valence-corrected chi connectivity index (χ2v) is 5.62. The van der Waals surface area contributed by atoms with Crippen molar-refractivity contribution in [2.75, 3.05) is 0 Å². The number of halogens is 1. The Morgan fingerprint density at radius 2 is 1.94 bits per heavy atom. The third-order valence-electron chi connectivity index (χ3n) is 2.50. The molecule has 0 radical (unpaired) electrons. The van der Waals surface area contributed by atoms with Crippen LogP contribution in [0, 0.1) is 6.92 Å². The summed E-state index contributed by atoms with van der Waals surface area (Å²) in [4.78, 5) is 4.42. The highest BCUT2D eigenvalue weighted by molar-refractivity contribution is 6.30. The Kier molecular flexibility index (Phi) is 2.96. The van der Waals surface area contributed by atoms with Crippen LogP contribution in [0.2, 0.25) is 5.02 Å². The Balaban J connectivity index is 2.44. The largest absolute Gasteiger partial charge is 0.234 e. The molecular weight excluding hydrogens is 234 g/mol. The summed E-state index contributed by atoms with van der Waals surface area (Å²) in [7, 11) is 0. The normalized spacial score (nSPS) is 11.8. The molecule has 0 unspecified atom stereocenters. The fraction of sp³-hybridized carbons (Fsp3) is 0.385. The molecular formula is C13H16ClN3. The van der Waals surface area contributed by atoms with Crippen molar-refractivity contribution in [2.45, 2.75) is 33.1 Å². The van der Waals surface area contributed by atoms with Gasteiger partial charge in [-0.05, 0) is 19.1 Å². The lowest BCUT2D eigenvalue weighted by atomic mass is 9.93. The SMILES string of the molecule is Cc1cc(Cl)cc(-n2ccc(C(C)(C)C)n2)n1. The second-order valence-electron chi connectivity index (χ2n) is 5.18. The van der Waals surface area contributed by atoms with E-state index in [1.165, 1.54) is 0 Å². The van der Waals surface area contributed by atoms with Crippen LogP contribution in [0.15, 0.2) is 24.4 Å². The van der Waals surface area contributed by atoms with Gasteiger partial charge in [0.05, 0.1) is 5.69 Å². The summed E-state index contributed by atoms with van der Waals surface area (Å²) in [6, 6.07) is 5.66. The Morgan fingerprint density at radius 1 is 1.24 bits per heavy atom. The van der Waals surface area contributed by atoms with E-state index in [-0.39, 0.29) is 5.41 Å². The van der Waals surface area contributed by atoms with E-state index in [0.29, 0.717) is 5.02 Å². The van der Waals surface area contributed by atoms with Crippen LogP contribution >= 0.6 is 11.6 Å². The van der Waals surface area contributed by atoms with Gasteiger partial charge in [-0.15, -0.1) is 0 Å². The topological polar surface area (TPSA) is 30.7 Å². The first-order valence-corrected chi connectivity index (χ1v) is 5.95. The molecule has 0 saturated carbocycles. The maximum Gasteiger partial charge on any atom is 0.155 e. The smallest absolute Gasteiger partial charge is 0.155 e. The molecule has 2 aromatic rings. The van der Waals surface area contributed by atoms with E-state index < -0.39 is 0 Å². The molecule has 0 saturated heterocycles. The molecule has 0 atom stereocenters. The van der Waals surface area contributed by atoms with Gasteiger partial charge in [0.15, 0.2) is 5.82 Å². The molecule has 0 amide bonds. The van der Waals surface area contributed by atoms with Crippen molar-refractivity contribution in [2.24, 2.45) is 0 Å². The van der Waals surface area contributed by atoms with Crippen molar-refractivity contribution in [3.05, 3.63) is 40.8 Å². The van der Waals surface area contributed by atoms with Crippen molar-refractivity contribution in [3.63, 3.8) is 0 Å². The van der Waals surface area contributed by atoms with E-state index in [2.05, 4.69) is 30.9 Å². The molecule has 4 heteroatoms.